The highest BCUT2D eigenvalue weighted by Crippen LogP contribution is 2.35. The van der Waals surface area contributed by atoms with Gasteiger partial charge in [0.25, 0.3) is 0 Å². The Morgan fingerprint density at radius 1 is 1.60 bits per heavy atom. The molecule has 0 unspecified atom stereocenters. The third-order valence-corrected chi connectivity index (χ3v) is 3.94. The number of imidazole rings is 1. The van der Waals surface area contributed by atoms with Gasteiger partial charge in [0.2, 0.25) is 0 Å². The maximum Gasteiger partial charge on any atom is 0.311 e. The second-order valence-corrected chi connectivity index (χ2v) is 5.92. The van der Waals surface area contributed by atoms with E-state index in [1.807, 2.05) is 19.9 Å². The summed E-state index contributed by atoms with van der Waals surface area (Å²) in [6.45, 7) is 6.24. The summed E-state index contributed by atoms with van der Waals surface area (Å²) >= 11 is 0. The molecule has 0 aliphatic carbocycles. The number of piperidine rings is 1. The quantitative estimate of drug-likeness (QED) is 0.811. The first kappa shape index (κ1) is 14.8. The van der Waals surface area contributed by atoms with Crippen LogP contribution < -0.4 is 0 Å². The summed E-state index contributed by atoms with van der Waals surface area (Å²) in [6, 6.07) is 0. The Hall–Kier alpha value is -1.62. The number of carboxylic acid groups (broad SMARTS) is 1. The van der Waals surface area contributed by atoms with E-state index in [4.69, 9.17) is 0 Å². The van der Waals surface area contributed by atoms with Crippen molar-refractivity contribution in [3.05, 3.63) is 29.9 Å². The number of rotatable bonds is 5. The second kappa shape index (κ2) is 6.22. The molecular weight excluding hydrogens is 254 g/mol. The number of nitrogens with zero attached hydrogens (tertiary/aromatic N) is 2. The predicted octanol–water partition coefficient (Wildman–Crippen LogP) is 2.43. The van der Waals surface area contributed by atoms with Gasteiger partial charge in [0.05, 0.1) is 12.0 Å². The van der Waals surface area contributed by atoms with Gasteiger partial charge in [0.1, 0.15) is 5.82 Å². The number of carbonyl (C=O) groups is 1. The van der Waals surface area contributed by atoms with E-state index in [-0.39, 0.29) is 0 Å². The van der Waals surface area contributed by atoms with E-state index in [0.29, 0.717) is 19.5 Å². The zero-order valence-electron chi connectivity index (χ0n) is 12.2. The second-order valence-electron chi connectivity index (χ2n) is 5.92. The lowest BCUT2D eigenvalue weighted by Gasteiger charge is -2.39. The van der Waals surface area contributed by atoms with Crippen LogP contribution in [0.15, 0.2) is 24.0 Å². The number of H-pyrrole nitrogens is 1. The molecule has 0 amide bonds. The van der Waals surface area contributed by atoms with E-state index >= 15 is 0 Å². The highest BCUT2D eigenvalue weighted by Gasteiger charge is 2.41. The van der Waals surface area contributed by atoms with E-state index in [2.05, 4.69) is 14.9 Å². The molecule has 1 atom stereocenters. The van der Waals surface area contributed by atoms with E-state index in [0.717, 1.165) is 25.2 Å². The van der Waals surface area contributed by atoms with Crippen molar-refractivity contribution in [2.75, 3.05) is 13.1 Å². The standard InChI is InChI=1S/C15H23N3O2/c1-12(2)4-6-15(14(19)20)5-3-9-18(11-15)10-13-16-7-8-17-13/h4,7-8H,3,5-6,9-11H2,1-2H3,(H,16,17)(H,19,20)/t15-/m0/s1. The topological polar surface area (TPSA) is 69.2 Å². The third kappa shape index (κ3) is 3.48. The lowest BCUT2D eigenvalue weighted by Crippen LogP contribution is -2.47. The first-order valence-corrected chi connectivity index (χ1v) is 7.09. The Bertz CT molecular complexity index is 477. The van der Waals surface area contributed by atoms with Crippen LogP contribution in [-0.4, -0.2) is 39.0 Å². The molecule has 1 aromatic rings. The molecule has 0 saturated carbocycles. The van der Waals surface area contributed by atoms with Crippen LogP contribution >= 0.6 is 0 Å². The van der Waals surface area contributed by atoms with Crippen LogP contribution in [0.4, 0.5) is 0 Å². The van der Waals surface area contributed by atoms with E-state index in [9.17, 15) is 9.90 Å². The van der Waals surface area contributed by atoms with Crippen molar-refractivity contribution in [3.63, 3.8) is 0 Å². The van der Waals surface area contributed by atoms with Crippen molar-refractivity contribution in [2.45, 2.75) is 39.7 Å². The molecule has 2 rings (SSSR count). The van der Waals surface area contributed by atoms with Gasteiger partial charge in [0.15, 0.2) is 0 Å². The fourth-order valence-electron chi connectivity index (χ4n) is 2.79. The van der Waals surface area contributed by atoms with Gasteiger partial charge in [0, 0.05) is 18.9 Å². The fraction of sp³-hybridized carbons (Fsp3) is 0.600. The molecule has 1 saturated heterocycles. The number of carboxylic acids is 1. The van der Waals surface area contributed by atoms with Crippen LogP contribution in [-0.2, 0) is 11.3 Å². The first-order chi connectivity index (χ1) is 9.52. The fourth-order valence-corrected chi connectivity index (χ4v) is 2.79. The maximum atomic E-state index is 11.8. The van der Waals surface area contributed by atoms with Crippen molar-refractivity contribution in [2.24, 2.45) is 5.41 Å². The van der Waals surface area contributed by atoms with Crippen LogP contribution in [0, 0.1) is 5.41 Å². The van der Waals surface area contributed by atoms with E-state index < -0.39 is 11.4 Å². The van der Waals surface area contributed by atoms with E-state index in [1.165, 1.54) is 5.57 Å². The van der Waals surface area contributed by atoms with Gasteiger partial charge in [-0.25, -0.2) is 4.98 Å². The van der Waals surface area contributed by atoms with Gasteiger partial charge in [-0.1, -0.05) is 11.6 Å². The van der Waals surface area contributed by atoms with Gasteiger partial charge in [-0.05, 0) is 39.7 Å². The highest BCUT2D eigenvalue weighted by molar-refractivity contribution is 5.75. The van der Waals surface area contributed by atoms with E-state index in [1.54, 1.807) is 12.4 Å². The molecule has 0 radical (unpaired) electrons. The Labute approximate surface area is 119 Å². The average Bonchev–Trinajstić information content (AvgIpc) is 2.89. The van der Waals surface area contributed by atoms with Gasteiger partial charge >= 0.3 is 5.97 Å². The summed E-state index contributed by atoms with van der Waals surface area (Å²) in [6.07, 6.45) is 7.86. The number of allylic oxidation sites excluding steroid dienone is 2. The smallest absolute Gasteiger partial charge is 0.311 e. The molecule has 1 fully saturated rings. The summed E-state index contributed by atoms with van der Waals surface area (Å²) in [7, 11) is 0. The highest BCUT2D eigenvalue weighted by atomic mass is 16.4. The normalized spacial score (nSPS) is 23.5. The number of hydrogen-bond donors (Lipinski definition) is 2. The Morgan fingerprint density at radius 2 is 2.40 bits per heavy atom. The summed E-state index contributed by atoms with van der Waals surface area (Å²) in [4.78, 5) is 21.2. The molecule has 2 N–H and O–H groups in total. The van der Waals surface area contributed by atoms with Crippen LogP contribution in [0.1, 0.15) is 38.9 Å². The minimum Gasteiger partial charge on any atom is -0.481 e. The summed E-state index contributed by atoms with van der Waals surface area (Å²) in [5.41, 5.74) is 0.524. The van der Waals surface area contributed by atoms with Crippen LogP contribution in [0.5, 0.6) is 0 Å². The molecule has 20 heavy (non-hydrogen) atoms. The van der Waals surface area contributed by atoms with Crippen molar-refractivity contribution in [3.8, 4) is 0 Å². The first-order valence-electron chi connectivity index (χ1n) is 7.09. The Kier molecular flexibility index (Phi) is 4.60. The van der Waals surface area contributed by atoms with Crippen LogP contribution in [0.2, 0.25) is 0 Å². The molecule has 1 aliphatic heterocycles. The molecule has 0 spiro atoms. The molecule has 1 aromatic heterocycles. The van der Waals surface area contributed by atoms with Crippen molar-refractivity contribution in [1.29, 1.82) is 0 Å². The summed E-state index contributed by atoms with van der Waals surface area (Å²) < 4.78 is 0. The zero-order valence-corrected chi connectivity index (χ0v) is 12.2. The van der Waals surface area contributed by atoms with Gasteiger partial charge in [-0.3, -0.25) is 9.69 Å². The lowest BCUT2D eigenvalue weighted by molar-refractivity contribution is -0.152. The zero-order chi connectivity index (χ0) is 14.6. The number of aromatic amines is 1. The third-order valence-electron chi connectivity index (χ3n) is 3.94. The molecule has 2 heterocycles. The SMILES string of the molecule is CC(C)=CC[C@@]1(C(=O)O)CCCN(Cc2ncc[nH]2)C1. The van der Waals surface area contributed by atoms with Gasteiger partial charge < -0.3 is 10.1 Å². The van der Waals surface area contributed by atoms with Crippen LogP contribution in [0.25, 0.3) is 0 Å². The average molecular weight is 277 g/mol. The minimum absolute atomic E-state index is 0.590. The monoisotopic (exact) mass is 277 g/mol. The number of nitrogens with one attached hydrogen (secondary N) is 1. The molecule has 0 bridgehead atoms. The summed E-state index contributed by atoms with van der Waals surface area (Å²) in [5, 5.41) is 9.67. The minimum atomic E-state index is -0.681. The largest absolute Gasteiger partial charge is 0.481 e. The Balaban J connectivity index is 2.08. The van der Waals surface area contributed by atoms with Gasteiger partial charge in [-0.15, -0.1) is 0 Å². The number of aromatic nitrogens is 2. The summed E-state index contributed by atoms with van der Waals surface area (Å²) in [5.74, 6) is 0.215. The molecule has 5 heteroatoms. The van der Waals surface area contributed by atoms with Gasteiger partial charge in [-0.2, -0.15) is 0 Å². The molecule has 110 valence electrons. The van der Waals surface area contributed by atoms with Crippen molar-refractivity contribution < 1.29 is 9.90 Å². The Morgan fingerprint density at radius 3 is 3.00 bits per heavy atom. The van der Waals surface area contributed by atoms with Crippen molar-refractivity contribution in [1.82, 2.24) is 14.9 Å². The maximum absolute atomic E-state index is 11.8. The lowest BCUT2D eigenvalue weighted by atomic mass is 9.76. The van der Waals surface area contributed by atoms with Crippen molar-refractivity contribution >= 4 is 5.97 Å². The number of aliphatic carboxylic acids is 1. The molecule has 1 aliphatic rings. The molecular formula is C15H23N3O2. The number of likely N-dealkylation sites (tertiary alicyclic amines) is 1. The predicted molar refractivity (Wildman–Crippen MR) is 77.2 cm³/mol. The molecule has 0 aromatic carbocycles. The number of hydrogen-bond acceptors (Lipinski definition) is 3. The van der Waals surface area contributed by atoms with Crippen LogP contribution in [0.3, 0.4) is 0 Å². The molecule has 5 nitrogen and oxygen atoms in total.